The fourth-order valence-electron chi connectivity index (χ4n) is 1.67. The number of carbonyl (C=O) groups is 1. The van der Waals surface area contributed by atoms with Gasteiger partial charge < -0.3 is 5.11 Å². The lowest BCUT2D eigenvalue weighted by Crippen LogP contribution is -1.98. The first-order valence-corrected chi connectivity index (χ1v) is 6.83. The van der Waals surface area contributed by atoms with E-state index in [1.807, 2.05) is 12.1 Å². The minimum Gasteiger partial charge on any atom is -0.478 e. The number of nitrogens with zero attached hydrogens (tertiary/aromatic N) is 2. The Balaban J connectivity index is 2.26. The van der Waals surface area contributed by atoms with Gasteiger partial charge in [0.15, 0.2) is 0 Å². The first-order chi connectivity index (χ1) is 9.20. The number of carboxylic acid groups (broad SMARTS) is 1. The quantitative estimate of drug-likeness (QED) is 0.848. The highest BCUT2D eigenvalue weighted by Gasteiger charge is 2.11. The summed E-state index contributed by atoms with van der Waals surface area (Å²) in [6, 6.07) is 8.83. The molecule has 0 spiro atoms. The number of hydrogen-bond acceptors (Lipinski definition) is 4. The fourth-order valence-corrected chi connectivity index (χ4v) is 2.60. The number of rotatable bonds is 5. The molecule has 0 aliphatic carbocycles. The van der Waals surface area contributed by atoms with Crippen molar-refractivity contribution >= 4 is 17.7 Å². The summed E-state index contributed by atoms with van der Waals surface area (Å²) >= 11 is 1.35. The van der Waals surface area contributed by atoms with Gasteiger partial charge in [0, 0.05) is 10.6 Å². The Morgan fingerprint density at radius 2 is 2.11 bits per heavy atom. The molecule has 1 aromatic carbocycles. The molecule has 0 aliphatic heterocycles. The number of aromatic carboxylic acids is 1. The summed E-state index contributed by atoms with van der Waals surface area (Å²) in [7, 11) is 0. The van der Waals surface area contributed by atoms with E-state index in [0.717, 1.165) is 23.6 Å². The number of benzene rings is 1. The Morgan fingerprint density at radius 1 is 1.32 bits per heavy atom. The molecular formula is C14H14N2O2S. The molecule has 0 amide bonds. The van der Waals surface area contributed by atoms with Crippen LogP contribution in [0.5, 0.6) is 0 Å². The summed E-state index contributed by atoms with van der Waals surface area (Å²) in [5, 5.41) is 9.91. The predicted octanol–water partition coefficient (Wildman–Crippen LogP) is 3.28. The molecule has 0 bridgehead atoms. The van der Waals surface area contributed by atoms with Gasteiger partial charge in [-0.05, 0) is 24.6 Å². The molecule has 0 aliphatic rings. The summed E-state index contributed by atoms with van der Waals surface area (Å²) < 4.78 is 0. The third-order valence-electron chi connectivity index (χ3n) is 2.54. The molecule has 0 radical (unpaired) electrons. The maximum absolute atomic E-state index is 11.1. The Labute approximate surface area is 115 Å². The van der Waals surface area contributed by atoms with Crippen LogP contribution in [0.3, 0.4) is 0 Å². The normalized spacial score (nSPS) is 10.4. The van der Waals surface area contributed by atoms with Crippen LogP contribution < -0.4 is 0 Å². The molecule has 1 heterocycles. The van der Waals surface area contributed by atoms with Crippen molar-refractivity contribution in [3.05, 3.63) is 47.9 Å². The SMILES string of the molecule is CCCc1cc(Sc2ccccc2C(=O)O)ncn1. The van der Waals surface area contributed by atoms with E-state index in [0.29, 0.717) is 10.5 Å². The summed E-state index contributed by atoms with van der Waals surface area (Å²) in [6.45, 7) is 2.09. The molecule has 0 unspecified atom stereocenters. The number of aromatic nitrogens is 2. The van der Waals surface area contributed by atoms with Crippen LogP contribution in [0.1, 0.15) is 29.4 Å². The molecule has 4 nitrogen and oxygen atoms in total. The molecule has 1 aromatic heterocycles. The first-order valence-electron chi connectivity index (χ1n) is 6.01. The van der Waals surface area contributed by atoms with Crippen LogP contribution in [0, 0.1) is 0 Å². The molecule has 19 heavy (non-hydrogen) atoms. The summed E-state index contributed by atoms with van der Waals surface area (Å²) in [4.78, 5) is 20.2. The highest BCUT2D eigenvalue weighted by atomic mass is 32.2. The average molecular weight is 274 g/mol. The molecule has 1 N–H and O–H groups in total. The molecule has 0 saturated heterocycles. The van der Waals surface area contributed by atoms with Crippen LogP contribution in [-0.4, -0.2) is 21.0 Å². The second kappa shape index (κ2) is 6.33. The third kappa shape index (κ3) is 3.54. The van der Waals surface area contributed by atoms with Crippen molar-refractivity contribution in [1.82, 2.24) is 9.97 Å². The molecule has 5 heteroatoms. The molecule has 0 atom stereocenters. The molecule has 0 fully saturated rings. The second-order valence-electron chi connectivity index (χ2n) is 4.00. The van der Waals surface area contributed by atoms with Crippen LogP contribution in [0.2, 0.25) is 0 Å². The number of hydrogen-bond donors (Lipinski definition) is 1. The zero-order valence-electron chi connectivity index (χ0n) is 10.5. The monoisotopic (exact) mass is 274 g/mol. The van der Waals surface area contributed by atoms with Gasteiger partial charge in [0.1, 0.15) is 11.4 Å². The zero-order valence-corrected chi connectivity index (χ0v) is 11.4. The first kappa shape index (κ1) is 13.5. The maximum Gasteiger partial charge on any atom is 0.336 e. The van der Waals surface area contributed by atoms with Gasteiger partial charge in [-0.3, -0.25) is 0 Å². The summed E-state index contributed by atoms with van der Waals surface area (Å²) in [5.41, 5.74) is 1.27. The number of aryl methyl sites for hydroxylation is 1. The molecule has 2 rings (SSSR count). The fraction of sp³-hybridized carbons (Fsp3) is 0.214. The van der Waals surface area contributed by atoms with E-state index in [4.69, 9.17) is 5.11 Å². The third-order valence-corrected chi connectivity index (χ3v) is 3.55. The van der Waals surface area contributed by atoms with Crippen LogP contribution >= 0.6 is 11.8 Å². The average Bonchev–Trinajstić information content (AvgIpc) is 2.40. The van der Waals surface area contributed by atoms with Crippen LogP contribution in [0.4, 0.5) is 0 Å². The van der Waals surface area contributed by atoms with Crippen molar-refractivity contribution in [2.45, 2.75) is 29.7 Å². The van der Waals surface area contributed by atoms with E-state index in [1.54, 1.807) is 18.2 Å². The van der Waals surface area contributed by atoms with Crippen molar-refractivity contribution in [1.29, 1.82) is 0 Å². The van der Waals surface area contributed by atoms with Crippen molar-refractivity contribution < 1.29 is 9.90 Å². The van der Waals surface area contributed by atoms with Crippen molar-refractivity contribution in [3.63, 3.8) is 0 Å². The summed E-state index contributed by atoms with van der Waals surface area (Å²) in [5.74, 6) is -0.925. The minimum atomic E-state index is -0.925. The van der Waals surface area contributed by atoms with Crippen molar-refractivity contribution in [2.24, 2.45) is 0 Å². The van der Waals surface area contributed by atoms with Crippen molar-refractivity contribution in [3.8, 4) is 0 Å². The zero-order chi connectivity index (χ0) is 13.7. The van der Waals surface area contributed by atoms with Crippen LogP contribution in [-0.2, 0) is 6.42 Å². The van der Waals surface area contributed by atoms with E-state index in [2.05, 4.69) is 16.9 Å². The van der Waals surface area contributed by atoms with Gasteiger partial charge in [0.05, 0.1) is 5.56 Å². The smallest absolute Gasteiger partial charge is 0.336 e. The van der Waals surface area contributed by atoms with E-state index < -0.39 is 5.97 Å². The van der Waals surface area contributed by atoms with Gasteiger partial charge in [-0.15, -0.1) is 0 Å². The van der Waals surface area contributed by atoms with Gasteiger partial charge >= 0.3 is 5.97 Å². The largest absolute Gasteiger partial charge is 0.478 e. The molecule has 98 valence electrons. The predicted molar refractivity (Wildman–Crippen MR) is 73.6 cm³/mol. The van der Waals surface area contributed by atoms with Gasteiger partial charge in [-0.2, -0.15) is 0 Å². The van der Waals surface area contributed by atoms with Gasteiger partial charge in [-0.1, -0.05) is 37.2 Å². The molecule has 2 aromatic rings. The van der Waals surface area contributed by atoms with E-state index in [1.165, 1.54) is 18.1 Å². The van der Waals surface area contributed by atoms with E-state index in [9.17, 15) is 4.79 Å². The van der Waals surface area contributed by atoms with Crippen molar-refractivity contribution in [2.75, 3.05) is 0 Å². The second-order valence-corrected chi connectivity index (χ2v) is 5.06. The summed E-state index contributed by atoms with van der Waals surface area (Å²) in [6.07, 6.45) is 3.44. The molecule has 0 saturated carbocycles. The van der Waals surface area contributed by atoms with E-state index in [-0.39, 0.29) is 0 Å². The maximum atomic E-state index is 11.1. The van der Waals surface area contributed by atoms with Gasteiger partial charge in [0.25, 0.3) is 0 Å². The number of carboxylic acids is 1. The standard InChI is InChI=1S/C14H14N2O2S/c1-2-5-10-8-13(16-9-15-10)19-12-7-4-3-6-11(12)14(17)18/h3-4,6-9H,2,5H2,1H3,(H,17,18). The van der Waals surface area contributed by atoms with Crippen LogP contribution in [0.25, 0.3) is 0 Å². The topological polar surface area (TPSA) is 63.1 Å². The Hall–Kier alpha value is -1.88. The van der Waals surface area contributed by atoms with E-state index >= 15 is 0 Å². The highest BCUT2D eigenvalue weighted by molar-refractivity contribution is 7.99. The van der Waals surface area contributed by atoms with Gasteiger partial charge in [0.2, 0.25) is 0 Å². The lowest BCUT2D eigenvalue weighted by Gasteiger charge is -2.05. The Kier molecular flexibility index (Phi) is 4.52. The lowest BCUT2D eigenvalue weighted by atomic mass is 10.2. The van der Waals surface area contributed by atoms with Gasteiger partial charge in [-0.25, -0.2) is 14.8 Å². The Morgan fingerprint density at radius 3 is 2.84 bits per heavy atom. The van der Waals surface area contributed by atoms with Crippen LogP contribution in [0.15, 0.2) is 46.6 Å². The minimum absolute atomic E-state index is 0.295. The lowest BCUT2D eigenvalue weighted by molar-refractivity contribution is 0.0693. The molecular weight excluding hydrogens is 260 g/mol. The Bertz CT molecular complexity index is 587. The highest BCUT2D eigenvalue weighted by Crippen LogP contribution is 2.29.